The minimum absolute atomic E-state index is 1.17. The van der Waals surface area contributed by atoms with Crippen molar-refractivity contribution in [2.45, 2.75) is 0 Å². The molecule has 2 heteroatoms. The van der Waals surface area contributed by atoms with Gasteiger partial charge in [0.15, 0.2) is 0 Å². The second-order valence-corrected chi connectivity index (χ2v) is 12.3. The first kappa shape index (κ1) is 27.2. The fraction of sp³-hybridized carbons (Fsp3) is 0.0222. The fourth-order valence-corrected chi connectivity index (χ4v) is 7.01. The zero-order valence-corrected chi connectivity index (χ0v) is 26.1. The first-order valence-electron chi connectivity index (χ1n) is 16.2. The maximum absolute atomic E-state index is 2.44. The SMILES string of the molecule is CN(c1ccccc1)c1ccc(-c2ccc(-c3ccc4c5cc6ccccc6cc5n(-c5ccc6ccccc6c5)c4c3)cc2)cc1. The lowest BCUT2D eigenvalue weighted by Crippen LogP contribution is -2.08. The number of rotatable bonds is 5. The molecule has 2 nitrogen and oxygen atoms in total. The molecule has 0 saturated carbocycles. The van der Waals surface area contributed by atoms with Gasteiger partial charge >= 0.3 is 0 Å². The van der Waals surface area contributed by atoms with Crippen LogP contribution in [0.25, 0.3) is 71.3 Å². The van der Waals surface area contributed by atoms with Crippen molar-refractivity contribution in [1.29, 1.82) is 0 Å². The normalized spacial score (nSPS) is 11.5. The van der Waals surface area contributed by atoms with Crippen LogP contribution < -0.4 is 4.90 Å². The number of benzene rings is 8. The van der Waals surface area contributed by atoms with E-state index in [0.717, 1.165) is 0 Å². The summed E-state index contributed by atoms with van der Waals surface area (Å²) in [6.07, 6.45) is 0. The van der Waals surface area contributed by atoms with E-state index in [1.54, 1.807) is 0 Å². The number of hydrogen-bond donors (Lipinski definition) is 0. The zero-order chi connectivity index (χ0) is 31.3. The second-order valence-electron chi connectivity index (χ2n) is 12.3. The van der Waals surface area contributed by atoms with Crippen LogP contribution in [0.1, 0.15) is 0 Å². The highest BCUT2D eigenvalue weighted by Gasteiger charge is 2.15. The van der Waals surface area contributed by atoms with E-state index >= 15 is 0 Å². The molecule has 47 heavy (non-hydrogen) atoms. The predicted molar refractivity (Wildman–Crippen MR) is 201 cm³/mol. The lowest BCUT2D eigenvalue weighted by atomic mass is 9.99. The van der Waals surface area contributed by atoms with Gasteiger partial charge in [-0.2, -0.15) is 0 Å². The van der Waals surface area contributed by atoms with Crippen molar-refractivity contribution >= 4 is 54.7 Å². The number of para-hydroxylation sites is 1. The van der Waals surface area contributed by atoms with Gasteiger partial charge in [0.25, 0.3) is 0 Å². The van der Waals surface area contributed by atoms with Crippen LogP contribution >= 0.6 is 0 Å². The van der Waals surface area contributed by atoms with Gasteiger partial charge in [-0.3, -0.25) is 0 Å². The molecule has 0 amide bonds. The summed E-state index contributed by atoms with van der Waals surface area (Å²) in [6.45, 7) is 0. The molecular weight excluding hydrogens is 569 g/mol. The molecule has 0 fully saturated rings. The molecule has 9 rings (SSSR count). The minimum Gasteiger partial charge on any atom is -0.345 e. The highest BCUT2D eigenvalue weighted by Crippen LogP contribution is 2.38. The standard InChI is InChI=1S/C45H32N2/c1-46(39-13-3-2-4-14-39)40-23-19-33(20-24-40)32-15-17-34(18-16-32)38-22-26-42-43-28-36-11-7-8-12-37(36)29-45(43)47(44(42)30-38)41-25-21-31-9-5-6-10-35(31)27-41/h2-30H,1H3. The summed E-state index contributed by atoms with van der Waals surface area (Å²) in [6, 6.07) is 63.9. The van der Waals surface area contributed by atoms with E-state index in [9.17, 15) is 0 Å². The first-order valence-corrected chi connectivity index (χ1v) is 16.2. The molecule has 0 atom stereocenters. The van der Waals surface area contributed by atoms with E-state index in [2.05, 4.69) is 192 Å². The summed E-state index contributed by atoms with van der Waals surface area (Å²) in [7, 11) is 2.11. The number of nitrogens with zero attached hydrogens (tertiary/aromatic N) is 2. The molecule has 222 valence electrons. The van der Waals surface area contributed by atoms with Gasteiger partial charge in [-0.1, -0.05) is 121 Å². The molecule has 0 bridgehead atoms. The van der Waals surface area contributed by atoms with Crippen molar-refractivity contribution < 1.29 is 0 Å². The molecule has 1 aromatic heterocycles. The molecule has 8 aromatic carbocycles. The molecule has 0 N–H and O–H groups in total. The third-order valence-corrected chi connectivity index (χ3v) is 9.57. The Hall–Kier alpha value is -6.12. The Morgan fingerprint density at radius 1 is 0.362 bits per heavy atom. The van der Waals surface area contributed by atoms with Crippen LogP contribution in [0.15, 0.2) is 176 Å². The van der Waals surface area contributed by atoms with E-state index in [1.165, 1.54) is 82.7 Å². The Balaban J connectivity index is 1.12. The van der Waals surface area contributed by atoms with Gasteiger partial charge in [0, 0.05) is 34.9 Å². The van der Waals surface area contributed by atoms with Crippen molar-refractivity contribution in [3.05, 3.63) is 176 Å². The number of aromatic nitrogens is 1. The molecular formula is C45H32N2. The van der Waals surface area contributed by atoms with Gasteiger partial charge < -0.3 is 9.47 Å². The maximum atomic E-state index is 2.44. The van der Waals surface area contributed by atoms with Crippen molar-refractivity contribution in [1.82, 2.24) is 4.57 Å². The summed E-state index contributed by atoms with van der Waals surface area (Å²) in [5.41, 5.74) is 10.8. The topological polar surface area (TPSA) is 8.17 Å². The largest absolute Gasteiger partial charge is 0.345 e. The molecule has 0 radical (unpaired) electrons. The maximum Gasteiger partial charge on any atom is 0.0547 e. The van der Waals surface area contributed by atoms with Crippen LogP contribution in [-0.4, -0.2) is 11.6 Å². The molecule has 0 saturated heterocycles. The summed E-state index contributed by atoms with van der Waals surface area (Å²) in [5, 5.41) is 7.54. The predicted octanol–water partition coefficient (Wildman–Crippen LogP) is 12.2. The van der Waals surface area contributed by atoms with E-state index in [0.29, 0.717) is 0 Å². The van der Waals surface area contributed by atoms with E-state index < -0.39 is 0 Å². The molecule has 0 unspecified atom stereocenters. The van der Waals surface area contributed by atoms with Crippen molar-refractivity contribution in [3.8, 4) is 27.9 Å². The van der Waals surface area contributed by atoms with E-state index in [1.807, 2.05) is 0 Å². The number of fused-ring (bicyclic) bond motifs is 5. The summed E-state index contributed by atoms with van der Waals surface area (Å²) in [5.74, 6) is 0. The van der Waals surface area contributed by atoms with Crippen LogP contribution in [0.4, 0.5) is 11.4 Å². The van der Waals surface area contributed by atoms with Crippen LogP contribution in [0.3, 0.4) is 0 Å². The van der Waals surface area contributed by atoms with Crippen molar-refractivity contribution in [2.24, 2.45) is 0 Å². The number of anilines is 2. The molecule has 0 aliphatic rings. The van der Waals surface area contributed by atoms with Crippen molar-refractivity contribution in [2.75, 3.05) is 11.9 Å². The Kier molecular flexibility index (Phi) is 6.39. The molecule has 0 spiro atoms. The van der Waals surface area contributed by atoms with Crippen LogP contribution in [0.5, 0.6) is 0 Å². The second kappa shape index (κ2) is 11.0. The Morgan fingerprint density at radius 2 is 0.872 bits per heavy atom. The smallest absolute Gasteiger partial charge is 0.0547 e. The van der Waals surface area contributed by atoms with E-state index in [-0.39, 0.29) is 0 Å². The monoisotopic (exact) mass is 600 g/mol. The molecule has 0 aliphatic heterocycles. The average molecular weight is 601 g/mol. The van der Waals surface area contributed by atoms with Gasteiger partial charge in [0.2, 0.25) is 0 Å². The Morgan fingerprint density at radius 3 is 1.57 bits per heavy atom. The first-order chi connectivity index (χ1) is 23.2. The molecule has 1 heterocycles. The zero-order valence-electron chi connectivity index (χ0n) is 26.1. The third-order valence-electron chi connectivity index (χ3n) is 9.57. The summed E-state index contributed by atoms with van der Waals surface area (Å²) >= 11 is 0. The van der Waals surface area contributed by atoms with Crippen molar-refractivity contribution in [3.63, 3.8) is 0 Å². The Bertz CT molecular complexity index is 2560. The third kappa shape index (κ3) is 4.74. The minimum atomic E-state index is 1.17. The lowest BCUT2D eigenvalue weighted by Gasteiger charge is -2.19. The highest BCUT2D eigenvalue weighted by atomic mass is 15.1. The molecule has 0 aliphatic carbocycles. The van der Waals surface area contributed by atoms with Gasteiger partial charge in [0.1, 0.15) is 0 Å². The Labute approximate surface area is 274 Å². The fourth-order valence-electron chi connectivity index (χ4n) is 7.01. The van der Waals surface area contributed by atoms with Gasteiger partial charge in [-0.15, -0.1) is 0 Å². The van der Waals surface area contributed by atoms with Gasteiger partial charge in [-0.05, 0) is 98.4 Å². The highest BCUT2D eigenvalue weighted by molar-refractivity contribution is 6.14. The van der Waals surface area contributed by atoms with Crippen LogP contribution in [-0.2, 0) is 0 Å². The van der Waals surface area contributed by atoms with Gasteiger partial charge in [0.05, 0.1) is 11.0 Å². The summed E-state index contributed by atoms with van der Waals surface area (Å²) < 4.78 is 2.44. The number of hydrogen-bond acceptors (Lipinski definition) is 1. The average Bonchev–Trinajstić information content (AvgIpc) is 3.46. The molecule has 9 aromatic rings. The van der Waals surface area contributed by atoms with Crippen LogP contribution in [0, 0.1) is 0 Å². The lowest BCUT2D eigenvalue weighted by molar-refractivity contribution is 1.19. The van der Waals surface area contributed by atoms with E-state index in [4.69, 9.17) is 0 Å². The summed E-state index contributed by atoms with van der Waals surface area (Å²) in [4.78, 5) is 2.21. The van der Waals surface area contributed by atoms with Gasteiger partial charge in [-0.25, -0.2) is 0 Å². The van der Waals surface area contributed by atoms with Crippen LogP contribution in [0.2, 0.25) is 0 Å². The quantitative estimate of drug-likeness (QED) is 0.191.